The van der Waals surface area contributed by atoms with E-state index in [-0.39, 0.29) is 28.3 Å². The first kappa shape index (κ1) is 22.3. The summed E-state index contributed by atoms with van der Waals surface area (Å²) in [6, 6.07) is 14.8. The second kappa shape index (κ2) is 7.06. The number of nitrogens with zero attached hydrogens (tertiary/aromatic N) is 2. The van der Waals surface area contributed by atoms with Crippen LogP contribution < -0.4 is 9.80 Å². The maximum Gasteiger partial charge on any atom is 0.224 e. The van der Waals surface area contributed by atoms with Crippen molar-refractivity contribution in [3.8, 4) is 0 Å². The SMILES string of the molecule is CC(=O)N1c2ccc([C@]3(C)CC(C)(C)N(C(C)=O)c4ccccc43)cc2C(C)=CC1(C)C. The summed E-state index contributed by atoms with van der Waals surface area (Å²) in [4.78, 5) is 29.0. The van der Waals surface area contributed by atoms with Crippen LogP contribution in [0.5, 0.6) is 0 Å². The first-order valence-corrected chi connectivity index (χ1v) is 11.3. The predicted molar refractivity (Wildman–Crippen MR) is 132 cm³/mol. The van der Waals surface area contributed by atoms with Crippen LogP contribution in [0.2, 0.25) is 0 Å². The quantitative estimate of drug-likeness (QED) is 0.550. The summed E-state index contributed by atoms with van der Waals surface area (Å²) in [7, 11) is 0. The fourth-order valence-corrected chi connectivity index (χ4v) is 6.30. The molecule has 0 radical (unpaired) electrons. The van der Waals surface area contributed by atoms with Crippen LogP contribution in [0.15, 0.2) is 48.5 Å². The minimum Gasteiger partial charge on any atom is -0.307 e. The molecule has 4 rings (SSSR count). The molecule has 2 aliphatic heterocycles. The average molecular weight is 431 g/mol. The summed E-state index contributed by atoms with van der Waals surface area (Å²) >= 11 is 0. The molecule has 2 aromatic rings. The van der Waals surface area contributed by atoms with Gasteiger partial charge in [-0.05, 0) is 75.9 Å². The summed E-state index contributed by atoms with van der Waals surface area (Å²) in [5, 5.41) is 0. The van der Waals surface area contributed by atoms with Crippen LogP contribution in [0.3, 0.4) is 0 Å². The van der Waals surface area contributed by atoms with Crippen LogP contribution in [0.25, 0.3) is 5.57 Å². The summed E-state index contributed by atoms with van der Waals surface area (Å²) < 4.78 is 0. The third-order valence-corrected chi connectivity index (χ3v) is 7.21. The normalized spacial score (nSPS) is 23.2. The predicted octanol–water partition coefficient (Wildman–Crippen LogP) is 6.08. The Balaban J connectivity index is 1.93. The van der Waals surface area contributed by atoms with Crippen LogP contribution in [0.1, 0.15) is 78.5 Å². The summed E-state index contributed by atoms with van der Waals surface area (Å²) in [6.45, 7) is 16.1. The van der Waals surface area contributed by atoms with Gasteiger partial charge in [0.15, 0.2) is 0 Å². The van der Waals surface area contributed by atoms with Gasteiger partial charge in [0.25, 0.3) is 0 Å². The van der Waals surface area contributed by atoms with E-state index in [1.807, 2.05) is 15.9 Å². The molecule has 0 spiro atoms. The number of anilines is 2. The smallest absolute Gasteiger partial charge is 0.224 e. The number of fused-ring (bicyclic) bond motifs is 2. The Bertz CT molecular complexity index is 1160. The van der Waals surface area contributed by atoms with Crippen molar-refractivity contribution in [1.82, 2.24) is 0 Å². The minimum absolute atomic E-state index is 0.0419. The number of benzene rings is 2. The Labute approximate surface area is 191 Å². The maximum absolute atomic E-state index is 12.6. The van der Waals surface area contributed by atoms with E-state index in [0.29, 0.717) is 0 Å². The van der Waals surface area contributed by atoms with Gasteiger partial charge in [0.1, 0.15) is 0 Å². The fraction of sp³-hybridized carbons (Fsp3) is 0.429. The molecule has 0 aliphatic carbocycles. The number of allylic oxidation sites excluding steroid dienone is 1. The van der Waals surface area contributed by atoms with Gasteiger partial charge in [-0.2, -0.15) is 0 Å². The average Bonchev–Trinajstić information content (AvgIpc) is 2.65. The van der Waals surface area contributed by atoms with Gasteiger partial charge in [-0.3, -0.25) is 9.59 Å². The molecule has 0 saturated carbocycles. The minimum atomic E-state index is -0.365. The van der Waals surface area contributed by atoms with E-state index in [9.17, 15) is 9.59 Å². The molecule has 2 heterocycles. The summed E-state index contributed by atoms with van der Waals surface area (Å²) in [6.07, 6.45) is 2.99. The Morgan fingerprint density at radius 1 is 0.844 bits per heavy atom. The zero-order valence-electron chi connectivity index (χ0n) is 20.5. The zero-order chi connectivity index (χ0) is 23.6. The third-order valence-electron chi connectivity index (χ3n) is 7.21. The highest BCUT2D eigenvalue weighted by molar-refractivity contribution is 5.99. The van der Waals surface area contributed by atoms with Crippen LogP contribution in [-0.2, 0) is 15.0 Å². The highest BCUT2D eigenvalue weighted by atomic mass is 16.2. The second-order valence-electron chi connectivity index (χ2n) is 10.8. The van der Waals surface area contributed by atoms with E-state index in [4.69, 9.17) is 0 Å². The number of para-hydroxylation sites is 1. The lowest BCUT2D eigenvalue weighted by molar-refractivity contribution is -0.118. The van der Waals surface area contributed by atoms with Crippen molar-refractivity contribution >= 4 is 28.8 Å². The first-order chi connectivity index (χ1) is 14.8. The van der Waals surface area contributed by atoms with Crippen LogP contribution in [0.4, 0.5) is 11.4 Å². The molecule has 4 heteroatoms. The van der Waals surface area contributed by atoms with Gasteiger partial charge in [0.05, 0.1) is 11.2 Å². The molecule has 168 valence electrons. The van der Waals surface area contributed by atoms with Crippen molar-refractivity contribution < 1.29 is 9.59 Å². The van der Waals surface area contributed by atoms with Crippen LogP contribution >= 0.6 is 0 Å². The highest BCUT2D eigenvalue weighted by Gasteiger charge is 2.47. The molecule has 0 unspecified atom stereocenters. The monoisotopic (exact) mass is 430 g/mol. The summed E-state index contributed by atoms with van der Waals surface area (Å²) in [5.41, 5.74) is 5.63. The molecular formula is C28H34N2O2. The number of hydrogen-bond donors (Lipinski definition) is 0. The van der Waals surface area contributed by atoms with E-state index >= 15 is 0 Å². The zero-order valence-corrected chi connectivity index (χ0v) is 20.5. The molecule has 0 N–H and O–H groups in total. The largest absolute Gasteiger partial charge is 0.307 e. The van der Waals surface area contributed by atoms with Crippen molar-refractivity contribution in [3.05, 3.63) is 65.2 Å². The number of rotatable bonds is 1. The van der Waals surface area contributed by atoms with E-state index in [1.54, 1.807) is 13.8 Å². The number of carbonyl (C=O) groups is 2. The fourth-order valence-electron chi connectivity index (χ4n) is 6.30. The number of hydrogen-bond acceptors (Lipinski definition) is 2. The molecule has 4 nitrogen and oxygen atoms in total. The van der Waals surface area contributed by atoms with Crippen LogP contribution in [0, 0.1) is 0 Å². The number of amides is 2. The number of carbonyl (C=O) groups excluding carboxylic acids is 2. The highest BCUT2D eigenvalue weighted by Crippen LogP contribution is 2.51. The van der Waals surface area contributed by atoms with E-state index < -0.39 is 0 Å². The standard InChI is InChI=1S/C28H34N2O2/c1-18-16-26(4,5)29(19(2)31)24-14-13-21(15-22(18)24)28(8)17-27(6,7)30(20(3)32)25-12-10-9-11-23(25)28/h9-16H,17H2,1-8H3/t28-/m0/s1. The van der Waals surface area contributed by atoms with Crippen molar-refractivity contribution in [2.45, 2.75) is 78.3 Å². The van der Waals surface area contributed by atoms with Gasteiger partial charge in [-0.15, -0.1) is 0 Å². The maximum atomic E-state index is 12.6. The molecule has 1 atom stereocenters. The van der Waals surface area contributed by atoms with Crippen molar-refractivity contribution in [1.29, 1.82) is 0 Å². The van der Waals surface area contributed by atoms with Gasteiger partial charge < -0.3 is 9.80 Å². The molecule has 0 fully saturated rings. The Morgan fingerprint density at radius 2 is 1.47 bits per heavy atom. The van der Waals surface area contributed by atoms with E-state index in [1.165, 1.54) is 11.1 Å². The Morgan fingerprint density at radius 3 is 2.09 bits per heavy atom. The lowest BCUT2D eigenvalue weighted by Crippen LogP contribution is -2.55. The van der Waals surface area contributed by atoms with E-state index in [0.717, 1.165) is 28.9 Å². The summed E-state index contributed by atoms with van der Waals surface area (Å²) in [5.74, 6) is 0.105. The van der Waals surface area contributed by atoms with Gasteiger partial charge in [-0.25, -0.2) is 0 Å². The lowest BCUT2D eigenvalue weighted by Gasteiger charge is -2.51. The second-order valence-corrected chi connectivity index (χ2v) is 10.8. The lowest BCUT2D eigenvalue weighted by atomic mass is 9.64. The van der Waals surface area contributed by atoms with Gasteiger partial charge in [0, 0.05) is 36.1 Å². The van der Waals surface area contributed by atoms with Crippen molar-refractivity contribution in [2.75, 3.05) is 9.80 Å². The third kappa shape index (κ3) is 3.19. The van der Waals surface area contributed by atoms with Crippen molar-refractivity contribution in [2.24, 2.45) is 0 Å². The molecule has 32 heavy (non-hydrogen) atoms. The topological polar surface area (TPSA) is 40.6 Å². The van der Waals surface area contributed by atoms with E-state index in [2.05, 4.69) is 84.0 Å². The van der Waals surface area contributed by atoms with Gasteiger partial charge in [-0.1, -0.05) is 37.3 Å². The van der Waals surface area contributed by atoms with Gasteiger partial charge in [0.2, 0.25) is 11.8 Å². The molecule has 2 aliphatic rings. The molecule has 0 bridgehead atoms. The van der Waals surface area contributed by atoms with Gasteiger partial charge >= 0.3 is 0 Å². The Kier molecular flexibility index (Phi) is 4.92. The first-order valence-electron chi connectivity index (χ1n) is 11.3. The molecule has 0 saturated heterocycles. The molecule has 2 aromatic carbocycles. The molecule has 2 amide bonds. The van der Waals surface area contributed by atoms with Crippen molar-refractivity contribution in [3.63, 3.8) is 0 Å². The Hall–Kier alpha value is -2.88. The molecular weight excluding hydrogens is 396 g/mol. The molecule has 0 aromatic heterocycles. The van der Waals surface area contributed by atoms with Crippen LogP contribution in [-0.4, -0.2) is 22.9 Å².